The zero-order valence-electron chi connectivity index (χ0n) is 14.0. The lowest BCUT2D eigenvalue weighted by molar-refractivity contribution is -0.118. The summed E-state index contributed by atoms with van der Waals surface area (Å²) in [5, 5.41) is 3.98. The van der Waals surface area contributed by atoms with Gasteiger partial charge in [0, 0.05) is 15.8 Å². The summed E-state index contributed by atoms with van der Waals surface area (Å²) in [7, 11) is 3.17. The molecule has 2 rings (SSSR count). The normalized spacial score (nSPS) is 10.7. The highest BCUT2D eigenvalue weighted by molar-refractivity contribution is 9.10. The first-order valence-electron chi connectivity index (χ1n) is 7.48. The second-order valence-electron chi connectivity index (χ2n) is 5.02. The van der Waals surface area contributed by atoms with Gasteiger partial charge in [-0.3, -0.25) is 4.79 Å². The summed E-state index contributed by atoms with van der Waals surface area (Å²) < 4.78 is 11.5. The Labute approximate surface area is 159 Å². The maximum atomic E-state index is 11.9. The number of thioether (sulfide) groups is 1. The van der Waals surface area contributed by atoms with E-state index in [9.17, 15) is 4.79 Å². The van der Waals surface area contributed by atoms with Crippen LogP contribution in [0, 0.1) is 0 Å². The molecule has 0 aliphatic heterocycles. The minimum atomic E-state index is -0.155. The number of hydrogen-bond donors (Lipinski definition) is 1. The summed E-state index contributed by atoms with van der Waals surface area (Å²) in [6, 6.07) is 13.4. The van der Waals surface area contributed by atoms with Crippen molar-refractivity contribution in [2.75, 3.05) is 20.0 Å². The molecule has 25 heavy (non-hydrogen) atoms. The molecule has 0 saturated heterocycles. The number of hydrazone groups is 1. The lowest BCUT2D eigenvalue weighted by Gasteiger charge is -2.06. The van der Waals surface area contributed by atoms with Gasteiger partial charge in [-0.1, -0.05) is 28.1 Å². The number of halogens is 1. The lowest BCUT2D eigenvalue weighted by Crippen LogP contribution is -2.19. The molecule has 0 fully saturated rings. The smallest absolute Gasteiger partial charge is 0.250 e. The van der Waals surface area contributed by atoms with E-state index < -0.39 is 0 Å². The van der Waals surface area contributed by atoms with E-state index in [-0.39, 0.29) is 5.91 Å². The number of amides is 1. The van der Waals surface area contributed by atoms with Crippen molar-refractivity contribution in [3.05, 3.63) is 58.1 Å². The quantitative estimate of drug-likeness (QED) is 0.518. The fourth-order valence-corrected chi connectivity index (χ4v) is 3.25. The lowest BCUT2D eigenvalue weighted by atomic mass is 10.2. The van der Waals surface area contributed by atoms with E-state index in [1.165, 1.54) is 18.0 Å². The van der Waals surface area contributed by atoms with Crippen molar-refractivity contribution in [2.24, 2.45) is 5.10 Å². The summed E-state index contributed by atoms with van der Waals surface area (Å²) in [6.45, 7) is 0. The predicted octanol–water partition coefficient (Wildman–Crippen LogP) is 3.85. The second-order valence-corrected chi connectivity index (χ2v) is 6.93. The van der Waals surface area contributed by atoms with Crippen molar-refractivity contribution < 1.29 is 14.3 Å². The Kier molecular flexibility index (Phi) is 7.81. The summed E-state index contributed by atoms with van der Waals surface area (Å²) in [5.41, 5.74) is 4.41. The van der Waals surface area contributed by atoms with Gasteiger partial charge in [0.05, 0.1) is 26.2 Å². The molecule has 0 heterocycles. The number of carbonyl (C=O) groups is 1. The number of rotatable bonds is 8. The molecule has 0 unspecified atom stereocenters. The molecule has 0 aromatic heterocycles. The molecule has 1 N–H and O–H groups in total. The Morgan fingerprint density at radius 3 is 2.80 bits per heavy atom. The molecule has 132 valence electrons. The fraction of sp³-hybridized carbons (Fsp3) is 0.222. The molecule has 7 heteroatoms. The Balaban J connectivity index is 1.82. The minimum Gasteiger partial charge on any atom is -0.497 e. The Hall–Kier alpha value is -1.99. The molecule has 5 nitrogen and oxygen atoms in total. The number of nitrogens with zero attached hydrogens (tertiary/aromatic N) is 1. The molecule has 0 atom stereocenters. The number of hydrogen-bond acceptors (Lipinski definition) is 5. The molecule has 1 amide bonds. The SMILES string of the molecule is COc1ccc(OC)c(/C=N\NC(=O)CSCc2cccc(Br)c2)c1. The van der Waals surface area contributed by atoms with Gasteiger partial charge in [0.15, 0.2) is 0 Å². The van der Waals surface area contributed by atoms with Gasteiger partial charge < -0.3 is 9.47 Å². The van der Waals surface area contributed by atoms with E-state index in [1.807, 2.05) is 24.3 Å². The van der Waals surface area contributed by atoms with Crippen LogP contribution in [0.4, 0.5) is 0 Å². The van der Waals surface area contributed by atoms with Crippen LogP contribution in [0.2, 0.25) is 0 Å². The maximum Gasteiger partial charge on any atom is 0.250 e. The van der Waals surface area contributed by atoms with Crippen molar-refractivity contribution >= 4 is 39.8 Å². The third-order valence-electron chi connectivity index (χ3n) is 3.22. The molecule has 0 spiro atoms. The van der Waals surface area contributed by atoms with Crippen LogP contribution in [0.5, 0.6) is 11.5 Å². The molecular formula is C18H19BrN2O3S. The topological polar surface area (TPSA) is 59.9 Å². The van der Waals surface area contributed by atoms with E-state index >= 15 is 0 Å². The van der Waals surface area contributed by atoms with Gasteiger partial charge in [-0.25, -0.2) is 5.43 Å². The highest BCUT2D eigenvalue weighted by atomic mass is 79.9. The average molecular weight is 423 g/mol. The van der Waals surface area contributed by atoms with Crippen molar-refractivity contribution in [1.82, 2.24) is 5.43 Å². The van der Waals surface area contributed by atoms with Gasteiger partial charge in [0.25, 0.3) is 0 Å². The number of carbonyl (C=O) groups excluding carboxylic acids is 1. The first kappa shape index (κ1) is 19.3. The number of benzene rings is 2. The molecule has 0 aliphatic carbocycles. The summed E-state index contributed by atoms with van der Waals surface area (Å²) in [5.74, 6) is 2.29. The monoisotopic (exact) mass is 422 g/mol. The molecule has 0 aliphatic rings. The largest absolute Gasteiger partial charge is 0.497 e. The van der Waals surface area contributed by atoms with Gasteiger partial charge in [0.1, 0.15) is 11.5 Å². The highest BCUT2D eigenvalue weighted by Crippen LogP contribution is 2.22. The van der Waals surface area contributed by atoms with E-state index in [0.29, 0.717) is 17.3 Å². The third-order valence-corrected chi connectivity index (χ3v) is 4.72. The minimum absolute atomic E-state index is 0.155. The first-order chi connectivity index (χ1) is 12.1. The van der Waals surface area contributed by atoms with Crippen LogP contribution in [0.3, 0.4) is 0 Å². The number of nitrogens with one attached hydrogen (secondary N) is 1. The van der Waals surface area contributed by atoms with Gasteiger partial charge in [-0.2, -0.15) is 5.10 Å². The summed E-state index contributed by atoms with van der Waals surface area (Å²) in [6.07, 6.45) is 1.54. The van der Waals surface area contributed by atoms with Crippen molar-refractivity contribution in [1.29, 1.82) is 0 Å². The number of ether oxygens (including phenoxy) is 2. The van der Waals surface area contributed by atoms with Crippen LogP contribution in [-0.2, 0) is 10.5 Å². The highest BCUT2D eigenvalue weighted by Gasteiger charge is 2.04. The Morgan fingerprint density at radius 1 is 1.24 bits per heavy atom. The standard InChI is InChI=1S/C18H19BrN2O3S/c1-23-16-6-7-17(24-2)14(9-16)10-20-21-18(22)12-25-11-13-4-3-5-15(19)8-13/h3-10H,11-12H2,1-2H3,(H,21,22)/b20-10-. The zero-order valence-corrected chi connectivity index (χ0v) is 16.4. The zero-order chi connectivity index (χ0) is 18.1. The van der Waals surface area contributed by atoms with Gasteiger partial charge in [-0.15, -0.1) is 11.8 Å². The van der Waals surface area contributed by atoms with Crippen LogP contribution in [-0.4, -0.2) is 32.1 Å². The van der Waals surface area contributed by atoms with E-state index in [1.54, 1.807) is 32.4 Å². The summed E-state index contributed by atoms with van der Waals surface area (Å²) in [4.78, 5) is 11.9. The Morgan fingerprint density at radius 2 is 2.08 bits per heavy atom. The molecule has 0 bridgehead atoms. The van der Waals surface area contributed by atoms with E-state index in [2.05, 4.69) is 26.5 Å². The summed E-state index contributed by atoms with van der Waals surface area (Å²) >= 11 is 4.97. The van der Waals surface area contributed by atoms with Crippen LogP contribution < -0.4 is 14.9 Å². The van der Waals surface area contributed by atoms with E-state index in [0.717, 1.165) is 21.4 Å². The van der Waals surface area contributed by atoms with Crippen molar-refractivity contribution in [3.63, 3.8) is 0 Å². The third kappa shape index (κ3) is 6.43. The van der Waals surface area contributed by atoms with Gasteiger partial charge >= 0.3 is 0 Å². The molecule has 0 radical (unpaired) electrons. The fourth-order valence-electron chi connectivity index (χ4n) is 2.03. The van der Waals surface area contributed by atoms with Crippen molar-refractivity contribution in [2.45, 2.75) is 5.75 Å². The second kappa shape index (κ2) is 10.1. The molecule has 0 saturated carbocycles. The van der Waals surface area contributed by atoms with Crippen molar-refractivity contribution in [3.8, 4) is 11.5 Å². The average Bonchev–Trinajstić information content (AvgIpc) is 2.61. The van der Waals surface area contributed by atoms with Crippen LogP contribution in [0.1, 0.15) is 11.1 Å². The van der Waals surface area contributed by atoms with Crippen LogP contribution in [0.25, 0.3) is 0 Å². The first-order valence-corrected chi connectivity index (χ1v) is 9.43. The predicted molar refractivity (Wildman–Crippen MR) is 106 cm³/mol. The van der Waals surface area contributed by atoms with Gasteiger partial charge in [0.2, 0.25) is 5.91 Å². The van der Waals surface area contributed by atoms with Crippen LogP contribution >= 0.6 is 27.7 Å². The van der Waals surface area contributed by atoms with Crippen LogP contribution in [0.15, 0.2) is 52.0 Å². The van der Waals surface area contributed by atoms with E-state index in [4.69, 9.17) is 9.47 Å². The Bertz CT molecular complexity index is 753. The molecular weight excluding hydrogens is 404 g/mol. The molecule has 2 aromatic rings. The molecule has 2 aromatic carbocycles. The van der Waals surface area contributed by atoms with Gasteiger partial charge in [-0.05, 0) is 35.9 Å². The number of methoxy groups -OCH3 is 2. The maximum absolute atomic E-state index is 11.9.